The fourth-order valence-corrected chi connectivity index (χ4v) is 3.24. The molecule has 116 valence electrons. The Morgan fingerprint density at radius 3 is 2.19 bits per heavy atom. The molecule has 0 unspecified atom stereocenters. The van der Waals surface area contributed by atoms with Gasteiger partial charge < -0.3 is 19.9 Å². The molecule has 1 aliphatic heterocycles. The van der Waals surface area contributed by atoms with E-state index in [0.29, 0.717) is 23.5 Å². The Balaban J connectivity index is 1.94. The van der Waals surface area contributed by atoms with E-state index >= 15 is 0 Å². The standard InChI is InChI=1S/C16H24N2O3/c1-20-13-9-12(10-14(21-2)16(13)19)15(11-3-4-11)18-7-5-17-6-8-18/h9-11,15,17,19H,3-8H2,1-2H3/t15-/m1/s1. The lowest BCUT2D eigenvalue weighted by Crippen LogP contribution is -2.45. The number of ether oxygens (including phenoxy) is 2. The molecule has 5 nitrogen and oxygen atoms in total. The van der Waals surface area contributed by atoms with Gasteiger partial charge in [0.2, 0.25) is 5.75 Å². The van der Waals surface area contributed by atoms with E-state index in [1.807, 2.05) is 12.1 Å². The van der Waals surface area contributed by atoms with Crippen molar-refractivity contribution in [1.29, 1.82) is 0 Å². The monoisotopic (exact) mass is 292 g/mol. The molecular weight excluding hydrogens is 268 g/mol. The van der Waals surface area contributed by atoms with Gasteiger partial charge in [-0.25, -0.2) is 0 Å². The van der Waals surface area contributed by atoms with E-state index in [1.54, 1.807) is 14.2 Å². The smallest absolute Gasteiger partial charge is 0.200 e. The minimum atomic E-state index is 0.0820. The fraction of sp³-hybridized carbons (Fsp3) is 0.625. The molecule has 0 bridgehead atoms. The van der Waals surface area contributed by atoms with Gasteiger partial charge in [-0.3, -0.25) is 4.90 Å². The number of hydrogen-bond acceptors (Lipinski definition) is 5. The van der Waals surface area contributed by atoms with Crippen molar-refractivity contribution >= 4 is 0 Å². The molecule has 0 spiro atoms. The van der Waals surface area contributed by atoms with Crippen molar-refractivity contribution in [3.05, 3.63) is 17.7 Å². The highest BCUT2D eigenvalue weighted by Crippen LogP contribution is 2.48. The Morgan fingerprint density at radius 2 is 1.71 bits per heavy atom. The van der Waals surface area contributed by atoms with Gasteiger partial charge >= 0.3 is 0 Å². The third-order valence-electron chi connectivity index (χ3n) is 4.46. The van der Waals surface area contributed by atoms with Gasteiger partial charge in [0.05, 0.1) is 14.2 Å². The normalized spacial score (nSPS) is 21.0. The van der Waals surface area contributed by atoms with Crippen LogP contribution < -0.4 is 14.8 Å². The van der Waals surface area contributed by atoms with Crippen LogP contribution in [0.5, 0.6) is 17.2 Å². The van der Waals surface area contributed by atoms with E-state index in [1.165, 1.54) is 18.4 Å². The lowest BCUT2D eigenvalue weighted by Gasteiger charge is -2.35. The minimum absolute atomic E-state index is 0.0820. The van der Waals surface area contributed by atoms with Crippen LogP contribution in [0.25, 0.3) is 0 Å². The van der Waals surface area contributed by atoms with Crippen LogP contribution in [0, 0.1) is 5.92 Å². The van der Waals surface area contributed by atoms with Gasteiger partial charge in [-0.15, -0.1) is 0 Å². The molecule has 1 atom stereocenters. The summed E-state index contributed by atoms with van der Waals surface area (Å²) < 4.78 is 10.6. The van der Waals surface area contributed by atoms with E-state index in [4.69, 9.17) is 9.47 Å². The quantitative estimate of drug-likeness (QED) is 0.866. The zero-order valence-corrected chi connectivity index (χ0v) is 12.8. The molecule has 2 fully saturated rings. The second kappa shape index (κ2) is 6.12. The summed E-state index contributed by atoms with van der Waals surface area (Å²) in [4.78, 5) is 2.54. The van der Waals surface area contributed by atoms with Crippen LogP contribution in [0.1, 0.15) is 24.4 Å². The van der Waals surface area contributed by atoms with Gasteiger partial charge in [-0.2, -0.15) is 0 Å². The zero-order chi connectivity index (χ0) is 14.8. The first-order valence-corrected chi connectivity index (χ1v) is 7.64. The molecule has 2 aliphatic rings. The van der Waals surface area contributed by atoms with Crippen LogP contribution in [0.3, 0.4) is 0 Å². The maximum absolute atomic E-state index is 10.1. The van der Waals surface area contributed by atoms with Crippen molar-refractivity contribution in [2.24, 2.45) is 5.92 Å². The van der Waals surface area contributed by atoms with Crippen molar-refractivity contribution in [3.8, 4) is 17.2 Å². The molecule has 0 radical (unpaired) electrons. The maximum Gasteiger partial charge on any atom is 0.200 e. The highest BCUT2D eigenvalue weighted by Gasteiger charge is 2.37. The number of methoxy groups -OCH3 is 2. The Labute approximate surface area is 125 Å². The number of benzene rings is 1. The molecule has 0 aromatic heterocycles. The highest BCUT2D eigenvalue weighted by molar-refractivity contribution is 5.53. The summed E-state index contributed by atoms with van der Waals surface area (Å²) in [5, 5.41) is 13.5. The third kappa shape index (κ3) is 2.94. The van der Waals surface area contributed by atoms with E-state index in [0.717, 1.165) is 26.2 Å². The van der Waals surface area contributed by atoms with Crippen LogP contribution >= 0.6 is 0 Å². The van der Waals surface area contributed by atoms with Crippen LogP contribution in [-0.2, 0) is 0 Å². The van der Waals surface area contributed by atoms with Gasteiger partial charge in [-0.1, -0.05) is 0 Å². The number of aromatic hydroxyl groups is 1. The molecule has 21 heavy (non-hydrogen) atoms. The summed E-state index contributed by atoms with van der Waals surface area (Å²) in [7, 11) is 3.16. The first-order chi connectivity index (χ1) is 10.2. The van der Waals surface area contributed by atoms with E-state index in [9.17, 15) is 5.11 Å². The van der Waals surface area contributed by atoms with Crippen LogP contribution in [0.4, 0.5) is 0 Å². The number of hydrogen-bond donors (Lipinski definition) is 2. The summed E-state index contributed by atoms with van der Waals surface area (Å²) in [5.41, 5.74) is 1.19. The number of nitrogens with zero attached hydrogens (tertiary/aromatic N) is 1. The molecule has 1 heterocycles. The topological polar surface area (TPSA) is 54.0 Å². The summed E-state index contributed by atoms with van der Waals surface area (Å²) in [6.07, 6.45) is 2.56. The maximum atomic E-state index is 10.1. The molecule has 5 heteroatoms. The summed E-state index contributed by atoms with van der Waals surface area (Å²) in [6, 6.07) is 4.32. The number of phenols is 1. The van der Waals surface area contributed by atoms with Gasteiger partial charge in [0.25, 0.3) is 0 Å². The van der Waals surface area contributed by atoms with Crippen LogP contribution in [0.15, 0.2) is 12.1 Å². The minimum Gasteiger partial charge on any atom is -0.502 e. The van der Waals surface area contributed by atoms with Gasteiger partial charge in [0, 0.05) is 32.2 Å². The van der Waals surface area contributed by atoms with E-state index in [-0.39, 0.29) is 5.75 Å². The second-order valence-electron chi connectivity index (χ2n) is 5.84. The molecule has 1 saturated carbocycles. The zero-order valence-electron chi connectivity index (χ0n) is 12.8. The van der Waals surface area contributed by atoms with E-state index < -0.39 is 0 Å². The van der Waals surface area contributed by atoms with Gasteiger partial charge in [-0.05, 0) is 36.5 Å². The molecule has 1 aromatic carbocycles. The lowest BCUT2D eigenvalue weighted by molar-refractivity contribution is 0.155. The lowest BCUT2D eigenvalue weighted by atomic mass is 9.98. The van der Waals surface area contributed by atoms with Crippen LogP contribution in [-0.4, -0.2) is 50.4 Å². The third-order valence-corrected chi connectivity index (χ3v) is 4.46. The fourth-order valence-electron chi connectivity index (χ4n) is 3.24. The number of piperazine rings is 1. The number of nitrogens with one attached hydrogen (secondary N) is 1. The molecular formula is C16H24N2O3. The molecule has 3 rings (SSSR count). The Morgan fingerprint density at radius 1 is 1.14 bits per heavy atom. The first-order valence-electron chi connectivity index (χ1n) is 7.64. The number of phenolic OH excluding ortho intramolecular Hbond substituents is 1. The molecule has 1 saturated heterocycles. The van der Waals surface area contributed by atoms with Gasteiger partial charge in [0.15, 0.2) is 11.5 Å². The summed E-state index contributed by atoms with van der Waals surface area (Å²) >= 11 is 0. The molecule has 2 N–H and O–H groups in total. The first kappa shape index (κ1) is 14.5. The van der Waals surface area contributed by atoms with Crippen molar-refractivity contribution in [3.63, 3.8) is 0 Å². The average molecular weight is 292 g/mol. The Kier molecular flexibility index (Phi) is 4.22. The predicted octanol–water partition coefficient (Wildman–Crippen LogP) is 1.77. The van der Waals surface area contributed by atoms with Crippen LogP contribution in [0.2, 0.25) is 0 Å². The van der Waals surface area contributed by atoms with Crippen molar-refractivity contribution < 1.29 is 14.6 Å². The molecule has 1 aromatic rings. The van der Waals surface area contributed by atoms with Crippen molar-refractivity contribution in [1.82, 2.24) is 10.2 Å². The average Bonchev–Trinajstić information content (AvgIpc) is 3.34. The van der Waals surface area contributed by atoms with Crippen molar-refractivity contribution in [2.45, 2.75) is 18.9 Å². The van der Waals surface area contributed by atoms with Crippen molar-refractivity contribution in [2.75, 3.05) is 40.4 Å². The summed E-state index contributed by atoms with van der Waals surface area (Å²) in [5.74, 6) is 1.77. The molecule has 0 amide bonds. The second-order valence-corrected chi connectivity index (χ2v) is 5.84. The SMILES string of the molecule is COc1cc([C@@H](C2CC2)N2CCNCC2)cc(OC)c1O. The number of rotatable bonds is 5. The Hall–Kier alpha value is -1.46. The van der Waals surface area contributed by atoms with Gasteiger partial charge in [0.1, 0.15) is 0 Å². The van der Waals surface area contributed by atoms with E-state index in [2.05, 4.69) is 10.2 Å². The highest BCUT2D eigenvalue weighted by atomic mass is 16.5. The predicted molar refractivity (Wildman–Crippen MR) is 81.1 cm³/mol. The Bertz CT molecular complexity index is 471. The largest absolute Gasteiger partial charge is 0.502 e. The molecule has 1 aliphatic carbocycles. The summed E-state index contributed by atoms with van der Waals surface area (Å²) in [6.45, 7) is 4.20.